The molecule has 1 aliphatic rings. The Kier molecular flexibility index (Phi) is 7.33. The van der Waals surface area contributed by atoms with Crippen LogP contribution in [0.5, 0.6) is 0 Å². The SMILES string of the molecule is Br.Br.O=C(Nc1nccs1)C1CCCN1. The quantitative estimate of drug-likeness (QED) is 0.850. The van der Waals surface area contributed by atoms with E-state index in [2.05, 4.69) is 15.6 Å². The van der Waals surface area contributed by atoms with Crippen molar-refractivity contribution in [2.24, 2.45) is 0 Å². The number of nitrogens with one attached hydrogen (secondary N) is 2. The van der Waals surface area contributed by atoms with Crippen LogP contribution >= 0.6 is 45.3 Å². The third kappa shape index (κ3) is 4.18. The average molecular weight is 359 g/mol. The first-order valence-electron chi connectivity index (χ1n) is 4.30. The van der Waals surface area contributed by atoms with Gasteiger partial charge in [0.2, 0.25) is 5.91 Å². The van der Waals surface area contributed by atoms with Gasteiger partial charge in [0, 0.05) is 11.6 Å². The molecule has 1 amide bonds. The first-order chi connectivity index (χ1) is 6.36. The highest BCUT2D eigenvalue weighted by molar-refractivity contribution is 8.93. The van der Waals surface area contributed by atoms with Crippen molar-refractivity contribution in [3.63, 3.8) is 0 Å². The Balaban J connectivity index is 0.000000980. The van der Waals surface area contributed by atoms with Crippen molar-refractivity contribution in [1.82, 2.24) is 10.3 Å². The first-order valence-corrected chi connectivity index (χ1v) is 5.18. The maximum Gasteiger partial charge on any atom is 0.243 e. The summed E-state index contributed by atoms with van der Waals surface area (Å²) >= 11 is 1.44. The molecule has 2 heterocycles. The number of nitrogens with zero attached hydrogens (tertiary/aromatic N) is 1. The van der Waals surface area contributed by atoms with Crippen molar-refractivity contribution in [3.05, 3.63) is 11.6 Å². The predicted octanol–water partition coefficient (Wildman–Crippen LogP) is 1.99. The molecule has 1 aromatic heterocycles. The van der Waals surface area contributed by atoms with E-state index in [1.165, 1.54) is 11.3 Å². The van der Waals surface area contributed by atoms with Crippen LogP contribution in [0.4, 0.5) is 5.13 Å². The van der Waals surface area contributed by atoms with E-state index < -0.39 is 0 Å². The van der Waals surface area contributed by atoms with Crippen LogP contribution in [0.2, 0.25) is 0 Å². The fourth-order valence-corrected chi connectivity index (χ4v) is 1.92. The van der Waals surface area contributed by atoms with Gasteiger partial charge < -0.3 is 10.6 Å². The van der Waals surface area contributed by atoms with Crippen LogP contribution in [0.15, 0.2) is 11.6 Å². The number of carbonyl (C=O) groups excluding carboxylic acids is 1. The zero-order valence-electron chi connectivity index (χ0n) is 7.93. The summed E-state index contributed by atoms with van der Waals surface area (Å²) in [6.45, 7) is 0.940. The second-order valence-corrected chi connectivity index (χ2v) is 3.87. The molecule has 0 aliphatic carbocycles. The molecule has 1 aromatic rings. The maximum absolute atomic E-state index is 11.5. The highest BCUT2D eigenvalue weighted by atomic mass is 79.9. The largest absolute Gasteiger partial charge is 0.306 e. The molecule has 0 radical (unpaired) electrons. The summed E-state index contributed by atoms with van der Waals surface area (Å²) in [4.78, 5) is 15.5. The zero-order chi connectivity index (χ0) is 9.10. The van der Waals surface area contributed by atoms with Gasteiger partial charge in [-0.3, -0.25) is 4.79 Å². The number of aromatic nitrogens is 1. The predicted molar refractivity (Wildman–Crippen MR) is 72.4 cm³/mol. The molecule has 2 rings (SSSR count). The van der Waals surface area contributed by atoms with Crippen LogP contribution in [-0.2, 0) is 4.79 Å². The number of hydrogen-bond acceptors (Lipinski definition) is 4. The lowest BCUT2D eigenvalue weighted by Gasteiger charge is -2.08. The Hall–Kier alpha value is 0.0200. The van der Waals surface area contributed by atoms with E-state index >= 15 is 0 Å². The van der Waals surface area contributed by atoms with Crippen molar-refractivity contribution in [2.75, 3.05) is 11.9 Å². The van der Waals surface area contributed by atoms with Gasteiger partial charge in [-0.15, -0.1) is 45.3 Å². The topological polar surface area (TPSA) is 54.0 Å². The molecule has 86 valence electrons. The van der Waals surface area contributed by atoms with Crippen LogP contribution in [0.25, 0.3) is 0 Å². The molecule has 2 N–H and O–H groups in total. The maximum atomic E-state index is 11.5. The molecule has 0 spiro atoms. The average Bonchev–Trinajstić information content (AvgIpc) is 2.74. The number of anilines is 1. The molecular weight excluding hydrogens is 346 g/mol. The molecule has 0 aromatic carbocycles. The molecule has 1 unspecified atom stereocenters. The molecule has 1 aliphatic heterocycles. The molecular formula is C8H13Br2N3OS. The Labute approximate surface area is 113 Å². The highest BCUT2D eigenvalue weighted by Crippen LogP contribution is 2.12. The minimum Gasteiger partial charge on any atom is -0.306 e. The molecule has 1 atom stereocenters. The minimum absolute atomic E-state index is 0. The normalized spacial score (nSPS) is 18.8. The molecule has 4 nitrogen and oxygen atoms in total. The van der Waals surface area contributed by atoms with Crippen molar-refractivity contribution in [2.45, 2.75) is 18.9 Å². The number of rotatable bonds is 2. The lowest BCUT2D eigenvalue weighted by Crippen LogP contribution is -2.35. The molecule has 1 fully saturated rings. The van der Waals surface area contributed by atoms with Gasteiger partial charge in [0.05, 0.1) is 6.04 Å². The van der Waals surface area contributed by atoms with Gasteiger partial charge >= 0.3 is 0 Å². The summed E-state index contributed by atoms with van der Waals surface area (Å²) in [6.07, 6.45) is 3.69. The summed E-state index contributed by atoms with van der Waals surface area (Å²) in [5.74, 6) is 0.0347. The number of thiazole rings is 1. The summed E-state index contributed by atoms with van der Waals surface area (Å²) in [6, 6.07) is -0.0242. The van der Waals surface area contributed by atoms with Crippen molar-refractivity contribution >= 4 is 56.3 Å². The van der Waals surface area contributed by atoms with E-state index in [-0.39, 0.29) is 45.9 Å². The first kappa shape index (κ1) is 15.0. The van der Waals surface area contributed by atoms with Crippen LogP contribution in [0.3, 0.4) is 0 Å². The fourth-order valence-electron chi connectivity index (χ4n) is 1.39. The Bertz CT molecular complexity index is 288. The van der Waals surface area contributed by atoms with Gasteiger partial charge in [-0.2, -0.15) is 0 Å². The van der Waals surface area contributed by atoms with Crippen LogP contribution < -0.4 is 10.6 Å². The summed E-state index contributed by atoms with van der Waals surface area (Å²) in [5.41, 5.74) is 0. The second kappa shape index (κ2) is 7.32. The number of hydrogen-bond donors (Lipinski definition) is 2. The lowest BCUT2D eigenvalue weighted by atomic mass is 10.2. The van der Waals surface area contributed by atoms with Crippen molar-refractivity contribution in [3.8, 4) is 0 Å². The minimum atomic E-state index is -0.0242. The van der Waals surface area contributed by atoms with Gasteiger partial charge in [-0.25, -0.2) is 4.98 Å². The number of carbonyl (C=O) groups is 1. The smallest absolute Gasteiger partial charge is 0.243 e. The van der Waals surface area contributed by atoms with Gasteiger partial charge in [-0.05, 0) is 19.4 Å². The highest BCUT2D eigenvalue weighted by Gasteiger charge is 2.22. The Morgan fingerprint density at radius 2 is 2.40 bits per heavy atom. The third-order valence-corrected chi connectivity index (χ3v) is 2.73. The van der Waals surface area contributed by atoms with Gasteiger partial charge in [0.1, 0.15) is 0 Å². The fraction of sp³-hybridized carbons (Fsp3) is 0.500. The van der Waals surface area contributed by atoms with Crippen molar-refractivity contribution in [1.29, 1.82) is 0 Å². The second-order valence-electron chi connectivity index (χ2n) is 2.98. The summed E-state index contributed by atoms with van der Waals surface area (Å²) < 4.78 is 0. The van der Waals surface area contributed by atoms with Crippen LogP contribution in [0.1, 0.15) is 12.8 Å². The van der Waals surface area contributed by atoms with Crippen LogP contribution in [0, 0.1) is 0 Å². The van der Waals surface area contributed by atoms with E-state index in [4.69, 9.17) is 0 Å². The number of halogens is 2. The van der Waals surface area contributed by atoms with E-state index in [0.29, 0.717) is 5.13 Å². The van der Waals surface area contributed by atoms with E-state index in [1.54, 1.807) is 6.20 Å². The molecule has 15 heavy (non-hydrogen) atoms. The monoisotopic (exact) mass is 357 g/mol. The van der Waals surface area contributed by atoms with E-state index in [0.717, 1.165) is 19.4 Å². The molecule has 0 saturated carbocycles. The standard InChI is InChI=1S/C8H11N3OS.2BrH/c12-7(6-2-1-3-9-6)11-8-10-4-5-13-8;;/h4-6,9H,1-3H2,(H,10,11,12);2*1H. The molecule has 1 saturated heterocycles. The third-order valence-electron chi connectivity index (χ3n) is 2.04. The lowest BCUT2D eigenvalue weighted by molar-refractivity contribution is -0.117. The number of amides is 1. The summed E-state index contributed by atoms with van der Waals surface area (Å²) in [7, 11) is 0. The van der Waals surface area contributed by atoms with Gasteiger partial charge in [0.25, 0.3) is 0 Å². The summed E-state index contributed by atoms with van der Waals surface area (Å²) in [5, 5.41) is 8.43. The van der Waals surface area contributed by atoms with E-state index in [9.17, 15) is 4.79 Å². The Morgan fingerprint density at radius 3 is 2.93 bits per heavy atom. The van der Waals surface area contributed by atoms with Crippen molar-refractivity contribution < 1.29 is 4.79 Å². The van der Waals surface area contributed by atoms with Gasteiger partial charge in [0.15, 0.2) is 5.13 Å². The Morgan fingerprint density at radius 1 is 1.60 bits per heavy atom. The van der Waals surface area contributed by atoms with Gasteiger partial charge in [-0.1, -0.05) is 0 Å². The molecule has 0 bridgehead atoms. The van der Waals surface area contributed by atoms with E-state index in [1.807, 2.05) is 5.38 Å². The zero-order valence-corrected chi connectivity index (χ0v) is 12.2. The molecule has 7 heteroatoms. The van der Waals surface area contributed by atoms with Crippen LogP contribution in [-0.4, -0.2) is 23.5 Å².